The van der Waals surface area contributed by atoms with Crippen LogP contribution in [0.3, 0.4) is 0 Å². The van der Waals surface area contributed by atoms with Crippen molar-refractivity contribution in [2.45, 2.75) is 18.6 Å². The number of aryl methyl sites for hydroxylation is 1. The molecule has 0 radical (unpaired) electrons. The topological polar surface area (TPSA) is 53.1 Å². The summed E-state index contributed by atoms with van der Waals surface area (Å²) in [7, 11) is 1.70. The lowest BCUT2D eigenvalue weighted by Crippen LogP contribution is -2.05. The van der Waals surface area contributed by atoms with Crippen LogP contribution in [-0.2, 0) is 11.3 Å². The zero-order valence-corrected chi connectivity index (χ0v) is 14.0. The van der Waals surface area contributed by atoms with E-state index in [1.165, 1.54) is 5.56 Å². The molecule has 0 unspecified atom stereocenters. The molecule has 0 spiro atoms. The van der Waals surface area contributed by atoms with Gasteiger partial charge in [0.15, 0.2) is 11.0 Å². The Morgan fingerprint density at radius 1 is 1.17 bits per heavy atom. The monoisotopic (exact) mass is 329 g/mol. The first-order valence-corrected chi connectivity index (χ1v) is 8.41. The molecule has 2 heterocycles. The first-order valence-electron chi connectivity index (χ1n) is 7.43. The fraction of sp³-hybridized carbons (Fsp3) is 0.294. The van der Waals surface area contributed by atoms with Crippen molar-refractivity contribution in [2.75, 3.05) is 19.5 Å². The van der Waals surface area contributed by atoms with E-state index in [9.17, 15) is 0 Å². The lowest BCUT2D eigenvalue weighted by Gasteiger charge is -2.10. The van der Waals surface area contributed by atoms with E-state index < -0.39 is 0 Å². The van der Waals surface area contributed by atoms with Crippen LogP contribution >= 0.6 is 11.8 Å². The third-order valence-electron chi connectivity index (χ3n) is 3.52. The van der Waals surface area contributed by atoms with Gasteiger partial charge >= 0.3 is 0 Å². The van der Waals surface area contributed by atoms with Crippen molar-refractivity contribution >= 4 is 11.8 Å². The third-order valence-corrected chi connectivity index (χ3v) is 4.45. The van der Waals surface area contributed by atoms with Gasteiger partial charge in [0.1, 0.15) is 5.76 Å². The van der Waals surface area contributed by atoms with Crippen molar-refractivity contribution < 1.29 is 9.15 Å². The van der Waals surface area contributed by atoms with Crippen LogP contribution < -0.4 is 0 Å². The molecule has 0 atom stereocenters. The number of methoxy groups -OCH3 is 1. The number of hydrogen-bond acceptors (Lipinski definition) is 5. The molecule has 0 saturated carbocycles. The molecule has 5 nitrogen and oxygen atoms in total. The summed E-state index contributed by atoms with van der Waals surface area (Å²) in [4.78, 5) is 0. The lowest BCUT2D eigenvalue weighted by molar-refractivity contribution is 0.218. The average molecular weight is 329 g/mol. The number of thioether (sulfide) groups is 1. The summed E-state index contributed by atoms with van der Waals surface area (Å²) in [5.74, 6) is 2.58. The van der Waals surface area contributed by atoms with Gasteiger partial charge in [-0.05, 0) is 24.6 Å². The smallest absolute Gasteiger partial charge is 0.192 e. The molecule has 6 heteroatoms. The van der Waals surface area contributed by atoms with E-state index >= 15 is 0 Å². The van der Waals surface area contributed by atoms with Gasteiger partial charge in [0.25, 0.3) is 0 Å². The van der Waals surface area contributed by atoms with Gasteiger partial charge in [0.2, 0.25) is 0 Å². The van der Waals surface area contributed by atoms with Crippen molar-refractivity contribution in [1.82, 2.24) is 14.8 Å². The summed E-state index contributed by atoms with van der Waals surface area (Å²) in [5.41, 5.74) is 2.26. The minimum absolute atomic E-state index is 0.610. The first-order chi connectivity index (χ1) is 11.3. The Bertz CT molecular complexity index is 753. The van der Waals surface area contributed by atoms with E-state index in [1.54, 1.807) is 25.1 Å². The molecular formula is C17H19N3O2S. The molecule has 0 aliphatic rings. The Morgan fingerprint density at radius 2 is 2.04 bits per heavy atom. The Labute approximate surface area is 139 Å². The zero-order valence-electron chi connectivity index (χ0n) is 13.2. The molecule has 0 aliphatic heterocycles. The summed E-state index contributed by atoms with van der Waals surface area (Å²) in [6.45, 7) is 3.37. The Kier molecular flexibility index (Phi) is 5.15. The summed E-state index contributed by atoms with van der Waals surface area (Å²) in [6.07, 6.45) is 1.69. The molecule has 0 fully saturated rings. The molecule has 0 bridgehead atoms. The van der Waals surface area contributed by atoms with Gasteiger partial charge in [0.05, 0.1) is 19.4 Å². The second-order valence-corrected chi connectivity index (χ2v) is 6.19. The highest BCUT2D eigenvalue weighted by Crippen LogP contribution is 2.27. The van der Waals surface area contributed by atoms with Crippen molar-refractivity contribution in [3.05, 3.63) is 54.0 Å². The highest BCUT2D eigenvalue weighted by atomic mass is 32.2. The summed E-state index contributed by atoms with van der Waals surface area (Å²) >= 11 is 1.64. The molecule has 23 heavy (non-hydrogen) atoms. The minimum Gasteiger partial charge on any atom is -0.467 e. The number of ether oxygens (including phenoxy) is 1. The van der Waals surface area contributed by atoms with Gasteiger partial charge in [-0.25, -0.2) is 0 Å². The van der Waals surface area contributed by atoms with Crippen LogP contribution in [0, 0.1) is 6.92 Å². The summed E-state index contributed by atoms with van der Waals surface area (Å²) in [5, 5.41) is 9.65. The second-order valence-electron chi connectivity index (χ2n) is 5.13. The predicted molar refractivity (Wildman–Crippen MR) is 90.6 cm³/mol. The van der Waals surface area contributed by atoms with E-state index in [0.717, 1.165) is 28.1 Å². The molecule has 1 aromatic carbocycles. The number of aromatic nitrogens is 3. The van der Waals surface area contributed by atoms with E-state index in [2.05, 4.69) is 33.8 Å². The van der Waals surface area contributed by atoms with Crippen LogP contribution in [0.4, 0.5) is 0 Å². The van der Waals surface area contributed by atoms with Gasteiger partial charge < -0.3 is 9.15 Å². The lowest BCUT2D eigenvalue weighted by atomic mass is 10.1. The maximum absolute atomic E-state index is 5.50. The second kappa shape index (κ2) is 7.48. The molecular weight excluding hydrogens is 310 g/mol. The summed E-state index contributed by atoms with van der Waals surface area (Å²) in [6, 6.07) is 12.1. The number of hydrogen-bond donors (Lipinski definition) is 0. The number of nitrogens with zero attached hydrogens (tertiary/aromatic N) is 3. The van der Waals surface area contributed by atoms with Gasteiger partial charge in [-0.2, -0.15) is 0 Å². The van der Waals surface area contributed by atoms with E-state index in [-0.39, 0.29) is 0 Å². The minimum atomic E-state index is 0.610. The van der Waals surface area contributed by atoms with Crippen molar-refractivity contribution in [1.29, 1.82) is 0 Å². The summed E-state index contributed by atoms with van der Waals surface area (Å²) < 4.78 is 12.7. The third kappa shape index (κ3) is 3.65. The fourth-order valence-corrected chi connectivity index (χ4v) is 3.17. The van der Waals surface area contributed by atoms with Crippen LogP contribution in [0.5, 0.6) is 0 Å². The van der Waals surface area contributed by atoms with Gasteiger partial charge in [-0.3, -0.25) is 4.57 Å². The first kappa shape index (κ1) is 15.8. The maximum Gasteiger partial charge on any atom is 0.192 e. The van der Waals surface area contributed by atoms with Crippen LogP contribution in [-0.4, -0.2) is 34.2 Å². The van der Waals surface area contributed by atoms with Crippen LogP contribution in [0.25, 0.3) is 11.4 Å². The Balaban J connectivity index is 1.96. The average Bonchev–Trinajstić information content (AvgIpc) is 3.20. The standard InChI is InChI=1S/C17H19N3O2S/c1-13-6-3-4-8-15(13)16-18-19-17(23-11-10-21-2)20(16)12-14-7-5-9-22-14/h3-9H,10-12H2,1-2H3. The molecule has 3 aromatic rings. The number of rotatable bonds is 7. The van der Waals surface area contributed by atoms with E-state index in [1.807, 2.05) is 24.3 Å². The van der Waals surface area contributed by atoms with Crippen molar-refractivity contribution in [3.63, 3.8) is 0 Å². The number of benzene rings is 1. The largest absolute Gasteiger partial charge is 0.467 e. The molecule has 0 amide bonds. The zero-order chi connectivity index (χ0) is 16.1. The van der Waals surface area contributed by atoms with Gasteiger partial charge in [-0.1, -0.05) is 36.0 Å². The highest BCUT2D eigenvalue weighted by molar-refractivity contribution is 7.99. The molecule has 120 valence electrons. The SMILES string of the molecule is COCCSc1nnc(-c2ccccc2C)n1Cc1ccco1. The van der Waals surface area contributed by atoms with Crippen LogP contribution in [0.2, 0.25) is 0 Å². The molecule has 2 aromatic heterocycles. The highest BCUT2D eigenvalue weighted by Gasteiger charge is 2.16. The Morgan fingerprint density at radius 3 is 2.78 bits per heavy atom. The number of furan rings is 1. The normalized spacial score (nSPS) is 11.0. The quantitative estimate of drug-likeness (QED) is 0.489. The maximum atomic E-state index is 5.50. The molecule has 0 saturated heterocycles. The molecule has 0 N–H and O–H groups in total. The van der Waals surface area contributed by atoms with E-state index in [4.69, 9.17) is 9.15 Å². The van der Waals surface area contributed by atoms with Crippen LogP contribution in [0.1, 0.15) is 11.3 Å². The molecule has 3 rings (SSSR count). The van der Waals surface area contributed by atoms with E-state index in [0.29, 0.717) is 13.2 Å². The molecule has 0 aliphatic carbocycles. The van der Waals surface area contributed by atoms with Crippen LogP contribution in [0.15, 0.2) is 52.2 Å². The van der Waals surface area contributed by atoms with Gasteiger partial charge in [0, 0.05) is 18.4 Å². The van der Waals surface area contributed by atoms with Crippen molar-refractivity contribution in [2.24, 2.45) is 0 Å². The van der Waals surface area contributed by atoms with Crippen molar-refractivity contribution in [3.8, 4) is 11.4 Å². The fourth-order valence-electron chi connectivity index (χ4n) is 2.34. The van der Waals surface area contributed by atoms with Gasteiger partial charge in [-0.15, -0.1) is 10.2 Å². The Hall–Kier alpha value is -2.05. The predicted octanol–water partition coefficient (Wildman–Crippen LogP) is 3.63.